The van der Waals surface area contributed by atoms with Gasteiger partial charge in [-0.25, -0.2) is 4.98 Å². The molecular formula is C17H19N5OS. The summed E-state index contributed by atoms with van der Waals surface area (Å²) in [6.45, 7) is 6.07. The van der Waals surface area contributed by atoms with Gasteiger partial charge < -0.3 is 4.90 Å². The quantitative estimate of drug-likeness (QED) is 0.794. The van der Waals surface area contributed by atoms with Gasteiger partial charge in [-0.3, -0.25) is 14.8 Å². The summed E-state index contributed by atoms with van der Waals surface area (Å²) in [7, 11) is 0. The van der Waals surface area contributed by atoms with E-state index >= 15 is 0 Å². The van der Waals surface area contributed by atoms with E-state index in [1.807, 2.05) is 36.1 Å². The number of piperazine rings is 1. The Morgan fingerprint density at radius 3 is 2.79 bits per heavy atom. The molecule has 1 fully saturated rings. The molecule has 0 atom stereocenters. The number of hydrogen-bond donors (Lipinski definition) is 1. The van der Waals surface area contributed by atoms with Crippen molar-refractivity contribution in [3.63, 3.8) is 0 Å². The molecule has 124 valence electrons. The average Bonchev–Trinajstić information content (AvgIpc) is 3.21. The summed E-state index contributed by atoms with van der Waals surface area (Å²) < 4.78 is 0. The molecule has 0 unspecified atom stereocenters. The predicted molar refractivity (Wildman–Crippen MR) is 94.1 cm³/mol. The third-order valence-electron chi connectivity index (χ3n) is 4.38. The van der Waals surface area contributed by atoms with E-state index in [-0.39, 0.29) is 5.91 Å². The van der Waals surface area contributed by atoms with Crippen LogP contribution in [0.25, 0.3) is 10.9 Å². The van der Waals surface area contributed by atoms with Gasteiger partial charge in [-0.15, -0.1) is 11.3 Å². The smallest absolute Gasteiger partial charge is 0.275 e. The van der Waals surface area contributed by atoms with Crippen LogP contribution in [0.4, 0.5) is 0 Å². The van der Waals surface area contributed by atoms with E-state index in [4.69, 9.17) is 0 Å². The molecule has 3 heterocycles. The molecule has 24 heavy (non-hydrogen) atoms. The molecule has 1 amide bonds. The number of hydrogen-bond acceptors (Lipinski definition) is 5. The standard InChI is InChI=1S/C17H19N5OS/c1-12-18-13(11-24-12)10-21-6-8-22(9-7-21)17(23)16-14-4-2-3-5-15(14)19-20-16/h2-5,11H,6-10H2,1H3,(H,19,20). The van der Waals surface area contributed by atoms with Gasteiger partial charge in [-0.2, -0.15) is 5.10 Å². The maximum absolute atomic E-state index is 12.8. The molecule has 4 rings (SSSR count). The molecule has 7 heteroatoms. The number of rotatable bonds is 3. The summed E-state index contributed by atoms with van der Waals surface area (Å²) in [5, 5.41) is 11.3. The van der Waals surface area contributed by atoms with E-state index in [1.54, 1.807) is 11.3 Å². The largest absolute Gasteiger partial charge is 0.335 e. The molecule has 0 spiro atoms. The Hall–Kier alpha value is -2.25. The van der Waals surface area contributed by atoms with Crippen molar-refractivity contribution in [1.82, 2.24) is 25.0 Å². The lowest BCUT2D eigenvalue weighted by molar-refractivity contribution is 0.0623. The lowest BCUT2D eigenvalue weighted by Gasteiger charge is -2.34. The van der Waals surface area contributed by atoms with Crippen LogP contribution >= 0.6 is 11.3 Å². The fraction of sp³-hybridized carbons (Fsp3) is 0.353. The first-order chi connectivity index (χ1) is 11.7. The molecule has 1 aromatic carbocycles. The molecule has 0 radical (unpaired) electrons. The van der Waals surface area contributed by atoms with Crippen LogP contribution in [0.5, 0.6) is 0 Å². The molecular weight excluding hydrogens is 322 g/mol. The van der Waals surface area contributed by atoms with Crippen molar-refractivity contribution < 1.29 is 4.79 Å². The summed E-state index contributed by atoms with van der Waals surface area (Å²) in [6, 6.07) is 7.75. The van der Waals surface area contributed by atoms with Crippen LogP contribution in [0.2, 0.25) is 0 Å². The summed E-state index contributed by atoms with van der Waals surface area (Å²) in [5.41, 5.74) is 2.54. The highest BCUT2D eigenvalue weighted by Gasteiger charge is 2.25. The highest BCUT2D eigenvalue weighted by atomic mass is 32.1. The van der Waals surface area contributed by atoms with Crippen molar-refractivity contribution in [2.24, 2.45) is 0 Å². The first-order valence-electron chi connectivity index (χ1n) is 8.06. The van der Waals surface area contributed by atoms with Crippen LogP contribution in [0.3, 0.4) is 0 Å². The molecule has 0 saturated carbocycles. The van der Waals surface area contributed by atoms with E-state index in [1.165, 1.54) is 0 Å². The van der Waals surface area contributed by atoms with E-state index in [9.17, 15) is 4.79 Å². The maximum atomic E-state index is 12.8. The highest BCUT2D eigenvalue weighted by molar-refractivity contribution is 7.09. The molecule has 1 saturated heterocycles. The van der Waals surface area contributed by atoms with E-state index in [2.05, 4.69) is 25.5 Å². The normalized spacial score (nSPS) is 16.0. The Morgan fingerprint density at radius 2 is 2.04 bits per heavy atom. The molecule has 1 aliphatic rings. The van der Waals surface area contributed by atoms with Gasteiger partial charge in [-0.1, -0.05) is 18.2 Å². The molecule has 3 aromatic rings. The third-order valence-corrected chi connectivity index (χ3v) is 5.21. The van der Waals surface area contributed by atoms with Crippen molar-refractivity contribution in [2.45, 2.75) is 13.5 Å². The first kappa shape index (κ1) is 15.3. The van der Waals surface area contributed by atoms with Gasteiger partial charge in [0.05, 0.1) is 16.2 Å². The third kappa shape index (κ3) is 2.92. The number of nitrogens with zero attached hydrogens (tertiary/aromatic N) is 4. The molecule has 6 nitrogen and oxygen atoms in total. The van der Waals surface area contributed by atoms with Gasteiger partial charge in [0, 0.05) is 43.5 Å². The van der Waals surface area contributed by atoms with E-state index in [0.717, 1.165) is 54.3 Å². The summed E-state index contributed by atoms with van der Waals surface area (Å²) in [4.78, 5) is 21.5. The molecule has 0 aliphatic carbocycles. The number of para-hydroxylation sites is 1. The number of H-pyrrole nitrogens is 1. The predicted octanol–water partition coefficient (Wildman–Crippen LogP) is 2.29. The molecule has 1 N–H and O–H groups in total. The van der Waals surface area contributed by atoms with Gasteiger partial charge in [0.1, 0.15) is 0 Å². The van der Waals surface area contributed by atoms with Gasteiger partial charge in [-0.05, 0) is 13.0 Å². The van der Waals surface area contributed by atoms with Gasteiger partial charge in [0.25, 0.3) is 5.91 Å². The van der Waals surface area contributed by atoms with Crippen molar-refractivity contribution >= 4 is 28.1 Å². The molecule has 1 aliphatic heterocycles. The van der Waals surface area contributed by atoms with Crippen LogP contribution in [0.1, 0.15) is 21.2 Å². The minimum Gasteiger partial charge on any atom is -0.335 e. The van der Waals surface area contributed by atoms with Crippen LogP contribution in [-0.4, -0.2) is 57.1 Å². The minimum absolute atomic E-state index is 0.0107. The van der Waals surface area contributed by atoms with Crippen molar-refractivity contribution in [3.8, 4) is 0 Å². The highest BCUT2D eigenvalue weighted by Crippen LogP contribution is 2.18. The lowest BCUT2D eigenvalue weighted by atomic mass is 10.2. The lowest BCUT2D eigenvalue weighted by Crippen LogP contribution is -2.48. The zero-order valence-electron chi connectivity index (χ0n) is 13.5. The molecule has 2 aromatic heterocycles. The Bertz CT molecular complexity index is 863. The number of aromatic amines is 1. The topological polar surface area (TPSA) is 65.1 Å². The zero-order chi connectivity index (χ0) is 16.5. The van der Waals surface area contributed by atoms with Crippen molar-refractivity contribution in [3.05, 3.63) is 46.0 Å². The minimum atomic E-state index is 0.0107. The first-order valence-corrected chi connectivity index (χ1v) is 8.94. The van der Waals surface area contributed by atoms with E-state index in [0.29, 0.717) is 5.69 Å². The Balaban J connectivity index is 1.41. The number of carbonyl (C=O) groups is 1. The van der Waals surface area contributed by atoms with E-state index < -0.39 is 0 Å². The summed E-state index contributed by atoms with van der Waals surface area (Å²) >= 11 is 1.68. The fourth-order valence-corrected chi connectivity index (χ4v) is 3.70. The number of aromatic nitrogens is 3. The van der Waals surface area contributed by atoms with Crippen LogP contribution in [0.15, 0.2) is 29.6 Å². The second kappa shape index (κ2) is 6.33. The Morgan fingerprint density at radius 1 is 1.25 bits per heavy atom. The number of thiazole rings is 1. The number of nitrogens with one attached hydrogen (secondary N) is 1. The van der Waals surface area contributed by atoms with Crippen LogP contribution in [-0.2, 0) is 6.54 Å². The monoisotopic (exact) mass is 341 g/mol. The number of carbonyl (C=O) groups excluding carboxylic acids is 1. The zero-order valence-corrected chi connectivity index (χ0v) is 14.3. The van der Waals surface area contributed by atoms with Crippen molar-refractivity contribution in [2.75, 3.05) is 26.2 Å². The number of amides is 1. The average molecular weight is 341 g/mol. The number of fused-ring (bicyclic) bond motifs is 1. The summed E-state index contributed by atoms with van der Waals surface area (Å²) in [6.07, 6.45) is 0. The maximum Gasteiger partial charge on any atom is 0.275 e. The Labute approximate surface area is 144 Å². The number of aryl methyl sites for hydroxylation is 1. The molecule has 0 bridgehead atoms. The van der Waals surface area contributed by atoms with Gasteiger partial charge >= 0.3 is 0 Å². The fourth-order valence-electron chi connectivity index (χ4n) is 3.10. The van der Waals surface area contributed by atoms with Crippen molar-refractivity contribution in [1.29, 1.82) is 0 Å². The Kier molecular flexibility index (Phi) is 4.03. The van der Waals surface area contributed by atoms with Gasteiger partial charge in [0.2, 0.25) is 0 Å². The second-order valence-corrected chi connectivity index (χ2v) is 7.11. The number of benzene rings is 1. The SMILES string of the molecule is Cc1nc(CN2CCN(C(=O)c3n[nH]c4ccccc34)CC2)cs1. The summed E-state index contributed by atoms with van der Waals surface area (Å²) in [5.74, 6) is 0.0107. The van der Waals surface area contributed by atoms with Crippen LogP contribution < -0.4 is 0 Å². The van der Waals surface area contributed by atoms with Gasteiger partial charge in [0.15, 0.2) is 5.69 Å². The van der Waals surface area contributed by atoms with Crippen LogP contribution in [0, 0.1) is 6.92 Å². The second-order valence-electron chi connectivity index (χ2n) is 6.04.